The summed E-state index contributed by atoms with van der Waals surface area (Å²) < 4.78 is 0. The van der Waals surface area contributed by atoms with E-state index in [4.69, 9.17) is 0 Å². The van der Waals surface area contributed by atoms with E-state index in [0.717, 1.165) is 6.42 Å². The molecule has 0 radical (unpaired) electrons. The summed E-state index contributed by atoms with van der Waals surface area (Å²) >= 11 is 0. The summed E-state index contributed by atoms with van der Waals surface area (Å²) in [6.07, 6.45) is 2.67. The lowest BCUT2D eigenvalue weighted by molar-refractivity contribution is -0.145. The fourth-order valence-corrected chi connectivity index (χ4v) is 0.563. The standard InChI is InChI=1S/C7H13NO2/c1-4-5-6(2)7(9)10-8-3/h5,8H,4H2,1-3H3. The summed E-state index contributed by atoms with van der Waals surface area (Å²) in [5, 5.41) is 0. The van der Waals surface area contributed by atoms with Crippen molar-refractivity contribution >= 4 is 5.97 Å². The van der Waals surface area contributed by atoms with Gasteiger partial charge in [-0.2, -0.15) is 5.48 Å². The summed E-state index contributed by atoms with van der Waals surface area (Å²) in [6.45, 7) is 3.69. The Labute approximate surface area is 61.0 Å². The first kappa shape index (κ1) is 9.17. The average Bonchev–Trinajstić information content (AvgIpc) is 1.89. The van der Waals surface area contributed by atoms with Crippen molar-refractivity contribution in [3.8, 4) is 0 Å². The van der Waals surface area contributed by atoms with Gasteiger partial charge in [-0.05, 0) is 13.3 Å². The Morgan fingerprint density at radius 3 is 2.70 bits per heavy atom. The van der Waals surface area contributed by atoms with E-state index in [2.05, 4.69) is 10.3 Å². The van der Waals surface area contributed by atoms with Crippen molar-refractivity contribution in [3.05, 3.63) is 11.6 Å². The topological polar surface area (TPSA) is 38.3 Å². The summed E-state index contributed by atoms with van der Waals surface area (Å²) in [5.41, 5.74) is 2.95. The minimum Gasteiger partial charge on any atom is -0.367 e. The van der Waals surface area contributed by atoms with E-state index in [9.17, 15) is 4.79 Å². The van der Waals surface area contributed by atoms with E-state index in [1.807, 2.05) is 13.0 Å². The number of carbonyl (C=O) groups excluding carboxylic acids is 1. The van der Waals surface area contributed by atoms with Crippen LogP contribution < -0.4 is 5.48 Å². The predicted octanol–water partition coefficient (Wildman–Crippen LogP) is 1.02. The average molecular weight is 143 g/mol. The van der Waals surface area contributed by atoms with Gasteiger partial charge in [-0.15, -0.1) is 0 Å². The molecule has 0 spiro atoms. The molecule has 0 rings (SSSR count). The van der Waals surface area contributed by atoms with Crippen LogP contribution >= 0.6 is 0 Å². The van der Waals surface area contributed by atoms with Gasteiger partial charge in [0.2, 0.25) is 0 Å². The maximum atomic E-state index is 10.8. The lowest BCUT2D eigenvalue weighted by atomic mass is 10.2. The second kappa shape index (κ2) is 4.99. The number of rotatable bonds is 3. The third-order valence-corrected chi connectivity index (χ3v) is 1.03. The fraction of sp³-hybridized carbons (Fsp3) is 0.571. The van der Waals surface area contributed by atoms with E-state index in [-0.39, 0.29) is 5.97 Å². The second-order valence-electron chi connectivity index (χ2n) is 1.89. The van der Waals surface area contributed by atoms with Gasteiger partial charge in [0, 0.05) is 12.6 Å². The first-order chi connectivity index (χ1) is 4.72. The molecule has 3 heteroatoms. The normalized spacial score (nSPS) is 11.3. The quantitative estimate of drug-likeness (QED) is 0.473. The third kappa shape index (κ3) is 3.25. The molecule has 0 fully saturated rings. The predicted molar refractivity (Wildman–Crippen MR) is 39.2 cm³/mol. The molecule has 0 atom stereocenters. The highest BCUT2D eigenvalue weighted by atomic mass is 16.7. The Balaban J connectivity index is 3.82. The second-order valence-corrected chi connectivity index (χ2v) is 1.89. The Hall–Kier alpha value is -0.830. The van der Waals surface area contributed by atoms with Crippen molar-refractivity contribution in [3.63, 3.8) is 0 Å². The summed E-state index contributed by atoms with van der Waals surface area (Å²) in [4.78, 5) is 15.3. The molecule has 1 N–H and O–H groups in total. The SMILES string of the molecule is CCC=C(C)C(=O)ONC. The molecule has 58 valence electrons. The molecule has 0 saturated heterocycles. The molecular formula is C7H13NO2. The van der Waals surface area contributed by atoms with Gasteiger partial charge in [-0.25, -0.2) is 4.79 Å². The summed E-state index contributed by atoms with van der Waals surface area (Å²) in [5.74, 6) is -0.315. The highest BCUT2D eigenvalue weighted by molar-refractivity contribution is 5.87. The first-order valence-electron chi connectivity index (χ1n) is 3.27. The fourth-order valence-electron chi connectivity index (χ4n) is 0.563. The number of hydrogen-bond acceptors (Lipinski definition) is 3. The smallest absolute Gasteiger partial charge is 0.352 e. The van der Waals surface area contributed by atoms with Crippen LogP contribution in [0.3, 0.4) is 0 Å². The Bertz CT molecular complexity index is 141. The van der Waals surface area contributed by atoms with Gasteiger partial charge >= 0.3 is 5.97 Å². The molecule has 0 aliphatic carbocycles. The maximum absolute atomic E-state index is 10.8. The van der Waals surface area contributed by atoms with Gasteiger partial charge in [-0.3, -0.25) is 0 Å². The van der Waals surface area contributed by atoms with Crippen LogP contribution in [0.1, 0.15) is 20.3 Å². The van der Waals surface area contributed by atoms with E-state index in [1.54, 1.807) is 14.0 Å². The van der Waals surface area contributed by atoms with Crippen molar-refractivity contribution in [2.45, 2.75) is 20.3 Å². The van der Waals surface area contributed by atoms with Gasteiger partial charge in [0.25, 0.3) is 0 Å². The van der Waals surface area contributed by atoms with Gasteiger partial charge in [0.1, 0.15) is 0 Å². The number of hydroxylamine groups is 1. The van der Waals surface area contributed by atoms with Gasteiger partial charge < -0.3 is 4.84 Å². The lowest BCUT2D eigenvalue weighted by Crippen LogP contribution is -2.15. The monoisotopic (exact) mass is 143 g/mol. The van der Waals surface area contributed by atoms with E-state index < -0.39 is 0 Å². The Morgan fingerprint density at radius 1 is 1.70 bits per heavy atom. The molecule has 10 heavy (non-hydrogen) atoms. The molecular weight excluding hydrogens is 130 g/mol. The van der Waals surface area contributed by atoms with Crippen LogP contribution in [-0.2, 0) is 9.63 Å². The lowest BCUT2D eigenvalue weighted by Gasteiger charge is -1.99. The summed E-state index contributed by atoms with van der Waals surface area (Å²) in [7, 11) is 1.55. The molecule has 0 aliphatic rings. The minimum absolute atomic E-state index is 0.315. The Kier molecular flexibility index (Phi) is 4.58. The highest BCUT2D eigenvalue weighted by Crippen LogP contribution is 1.96. The van der Waals surface area contributed by atoms with Crippen LogP contribution in [0.4, 0.5) is 0 Å². The maximum Gasteiger partial charge on any atom is 0.352 e. The van der Waals surface area contributed by atoms with E-state index >= 15 is 0 Å². The first-order valence-corrected chi connectivity index (χ1v) is 3.27. The molecule has 0 bridgehead atoms. The number of allylic oxidation sites excluding steroid dienone is 1. The van der Waals surface area contributed by atoms with Crippen LogP contribution in [-0.4, -0.2) is 13.0 Å². The van der Waals surface area contributed by atoms with Crippen LogP contribution in [0.2, 0.25) is 0 Å². The van der Waals surface area contributed by atoms with Crippen LogP contribution in [0.25, 0.3) is 0 Å². The largest absolute Gasteiger partial charge is 0.367 e. The molecule has 0 amide bonds. The molecule has 0 aliphatic heterocycles. The molecule has 0 saturated carbocycles. The van der Waals surface area contributed by atoms with Crippen molar-refractivity contribution < 1.29 is 9.63 Å². The zero-order valence-electron chi connectivity index (χ0n) is 6.60. The summed E-state index contributed by atoms with van der Waals surface area (Å²) in [6, 6.07) is 0. The zero-order chi connectivity index (χ0) is 7.98. The van der Waals surface area contributed by atoms with E-state index in [0.29, 0.717) is 5.57 Å². The van der Waals surface area contributed by atoms with Gasteiger partial charge in [0.05, 0.1) is 0 Å². The molecule has 0 aromatic heterocycles. The van der Waals surface area contributed by atoms with Crippen LogP contribution in [0.15, 0.2) is 11.6 Å². The molecule has 0 aromatic rings. The highest BCUT2D eigenvalue weighted by Gasteiger charge is 2.01. The van der Waals surface area contributed by atoms with Crippen LogP contribution in [0, 0.1) is 0 Å². The van der Waals surface area contributed by atoms with Crippen molar-refractivity contribution in [2.24, 2.45) is 0 Å². The van der Waals surface area contributed by atoms with E-state index in [1.165, 1.54) is 0 Å². The van der Waals surface area contributed by atoms with Gasteiger partial charge in [0.15, 0.2) is 0 Å². The zero-order valence-corrected chi connectivity index (χ0v) is 6.60. The number of hydrogen-bond donors (Lipinski definition) is 1. The van der Waals surface area contributed by atoms with Crippen LogP contribution in [0.5, 0.6) is 0 Å². The number of nitrogens with one attached hydrogen (secondary N) is 1. The molecule has 0 heterocycles. The number of carbonyl (C=O) groups is 1. The van der Waals surface area contributed by atoms with Crippen molar-refractivity contribution in [1.29, 1.82) is 0 Å². The van der Waals surface area contributed by atoms with Crippen molar-refractivity contribution in [1.82, 2.24) is 5.48 Å². The molecule has 3 nitrogen and oxygen atoms in total. The third-order valence-electron chi connectivity index (χ3n) is 1.03. The molecule has 0 aromatic carbocycles. The molecule has 0 unspecified atom stereocenters. The minimum atomic E-state index is -0.315. The van der Waals surface area contributed by atoms with Crippen molar-refractivity contribution in [2.75, 3.05) is 7.05 Å². The Morgan fingerprint density at radius 2 is 2.30 bits per heavy atom. The van der Waals surface area contributed by atoms with Gasteiger partial charge in [-0.1, -0.05) is 13.0 Å².